The Bertz CT molecular complexity index is 2630. The fourth-order valence-electron chi connectivity index (χ4n) is 8.23. The topological polar surface area (TPSA) is 6.48 Å². The third kappa shape index (κ3) is 6.69. The molecule has 0 fully saturated rings. The van der Waals surface area contributed by atoms with Crippen molar-refractivity contribution >= 4 is 113 Å². The molecule has 0 saturated carbocycles. The van der Waals surface area contributed by atoms with Crippen LogP contribution in [-0.4, -0.2) is 26.5 Å². The fraction of sp³-hybridized carbons (Fsp3) is 0.115. The predicted molar refractivity (Wildman–Crippen MR) is 252 cm³/mol. The van der Waals surface area contributed by atoms with E-state index in [9.17, 15) is 0 Å². The minimum absolute atomic E-state index is 1.14. The van der Waals surface area contributed by atoms with E-state index in [1.54, 1.807) is 0 Å². The van der Waals surface area contributed by atoms with E-state index in [2.05, 4.69) is 226 Å². The summed E-state index contributed by atoms with van der Waals surface area (Å²) in [6, 6.07) is 68.2. The van der Waals surface area contributed by atoms with Crippen LogP contribution in [0.5, 0.6) is 0 Å². The molecule has 4 heteroatoms. The van der Waals surface area contributed by atoms with E-state index < -0.39 is 26.5 Å². The maximum absolute atomic E-state index is 2.51. The fourth-order valence-corrected chi connectivity index (χ4v) is 13.1. The van der Waals surface area contributed by atoms with Crippen LogP contribution >= 0.6 is 0 Å². The molecule has 0 heterocycles. The van der Waals surface area contributed by atoms with Crippen molar-refractivity contribution in [1.29, 1.82) is 0 Å². The third-order valence-corrected chi connectivity index (χ3v) is 20.0. The van der Waals surface area contributed by atoms with Crippen LogP contribution < -0.4 is 18.6 Å². The van der Waals surface area contributed by atoms with E-state index in [4.69, 9.17) is 0 Å². The van der Waals surface area contributed by atoms with Crippen molar-refractivity contribution in [3.8, 4) is 0 Å². The van der Waals surface area contributed by atoms with E-state index in [0.29, 0.717) is 0 Å². The second-order valence-electron chi connectivity index (χ2n) is 17.1. The summed E-state index contributed by atoms with van der Waals surface area (Å²) in [4.78, 5) is 5.01. The van der Waals surface area contributed by atoms with Gasteiger partial charge in [-0.05, 0) is 0 Å². The summed E-state index contributed by atoms with van der Waals surface area (Å²) >= 11 is -4.11. The molecule has 0 saturated heterocycles. The minimum atomic E-state index is -2.06. The van der Waals surface area contributed by atoms with Gasteiger partial charge in [0.05, 0.1) is 0 Å². The van der Waals surface area contributed by atoms with Gasteiger partial charge in [0, 0.05) is 0 Å². The normalized spacial score (nSPS) is 12.1. The van der Waals surface area contributed by atoms with Crippen LogP contribution in [0.3, 0.4) is 0 Å². The van der Waals surface area contributed by atoms with Gasteiger partial charge in [-0.15, -0.1) is 0 Å². The van der Waals surface area contributed by atoms with E-state index in [1.165, 1.54) is 63.3 Å². The number of nitrogens with zero attached hydrogens (tertiary/aromatic N) is 2. The van der Waals surface area contributed by atoms with Crippen LogP contribution in [0.15, 0.2) is 182 Å². The number of benzene rings is 9. The molecule has 2 nitrogen and oxygen atoms in total. The molecule has 0 N–H and O–H groups in total. The van der Waals surface area contributed by atoms with E-state index in [-0.39, 0.29) is 0 Å². The van der Waals surface area contributed by atoms with Gasteiger partial charge in [-0.2, -0.15) is 0 Å². The number of anilines is 6. The average molecular weight is 846 g/mol. The molecule has 56 heavy (non-hydrogen) atoms. The SMILES string of the molecule is [CH3][Ge]([CH3])([CH3])[c]1ccc(N(c2ccc3ccccc3c2)c2c3ccccc3c(N(c3cc[c]([Ge]([CH3])([CH3])[CH3])cc3)c3ccc4ccccc4c3)c3ccccc23)cc1. The molecule has 9 rings (SSSR count). The van der Waals surface area contributed by atoms with Crippen LogP contribution in [0.25, 0.3) is 43.1 Å². The molecule has 0 radical (unpaired) electrons. The van der Waals surface area contributed by atoms with Gasteiger partial charge in [-0.1, -0.05) is 0 Å². The Morgan fingerprint density at radius 3 is 0.893 bits per heavy atom. The van der Waals surface area contributed by atoms with Crippen molar-refractivity contribution in [2.45, 2.75) is 34.5 Å². The van der Waals surface area contributed by atoms with Gasteiger partial charge < -0.3 is 0 Å². The second-order valence-corrected chi connectivity index (χ2v) is 38.4. The van der Waals surface area contributed by atoms with Crippen molar-refractivity contribution in [3.05, 3.63) is 182 Å². The maximum atomic E-state index is 2.51. The molecule has 0 aliphatic rings. The van der Waals surface area contributed by atoms with Gasteiger partial charge in [0.15, 0.2) is 0 Å². The van der Waals surface area contributed by atoms with E-state index in [0.717, 1.165) is 22.7 Å². The Balaban J connectivity index is 1.36. The number of rotatable bonds is 8. The van der Waals surface area contributed by atoms with Crippen molar-refractivity contribution in [2.75, 3.05) is 9.80 Å². The molecule has 9 aromatic carbocycles. The summed E-state index contributed by atoms with van der Waals surface area (Å²) in [7, 11) is 0. The Morgan fingerprint density at radius 2 is 0.571 bits per heavy atom. The molecule has 0 unspecified atom stereocenters. The summed E-state index contributed by atoms with van der Waals surface area (Å²) in [5, 5.41) is 9.77. The average Bonchev–Trinajstić information content (AvgIpc) is 3.21. The summed E-state index contributed by atoms with van der Waals surface area (Å²) < 4.78 is 3.01. The predicted octanol–water partition coefficient (Wildman–Crippen LogP) is 14.3. The van der Waals surface area contributed by atoms with E-state index >= 15 is 0 Å². The zero-order valence-electron chi connectivity index (χ0n) is 33.2. The van der Waals surface area contributed by atoms with Crippen LogP contribution in [0.2, 0.25) is 34.5 Å². The standard InChI is InChI=1S/C52H48Ge2N2/c1-53(2,3)41-25-31-43(32-26-41)55(45-29-23-37-15-7-9-17-39(37)35-45)51-47-19-11-13-21-49(47)52(50-22-14-12-20-48(50)51)56(44-33-27-42(28-34-44)54(4,5)6)46-30-24-38-16-8-10-18-40(38)36-46/h7-36H,1-6H3. The molecule has 0 aromatic heterocycles. The number of hydrogen-bond donors (Lipinski definition) is 0. The number of fused-ring (bicyclic) bond motifs is 4. The van der Waals surface area contributed by atoms with Gasteiger partial charge in [-0.3, -0.25) is 0 Å². The van der Waals surface area contributed by atoms with Crippen LogP contribution in [0.4, 0.5) is 34.1 Å². The van der Waals surface area contributed by atoms with Crippen LogP contribution in [0.1, 0.15) is 0 Å². The van der Waals surface area contributed by atoms with Crippen molar-refractivity contribution < 1.29 is 0 Å². The summed E-state index contributed by atoms with van der Waals surface area (Å²) in [5.74, 6) is 14.8. The first-order chi connectivity index (χ1) is 27.0. The second kappa shape index (κ2) is 14.3. The molecule has 0 amide bonds. The first-order valence-corrected chi connectivity index (χ1v) is 34.5. The first kappa shape index (κ1) is 36.4. The van der Waals surface area contributed by atoms with Gasteiger partial charge in [0.25, 0.3) is 0 Å². The van der Waals surface area contributed by atoms with E-state index in [1.807, 2.05) is 0 Å². The van der Waals surface area contributed by atoms with Crippen molar-refractivity contribution in [2.24, 2.45) is 0 Å². The molecule has 9 aromatic rings. The van der Waals surface area contributed by atoms with Gasteiger partial charge >= 0.3 is 339 Å². The molecular formula is C52H48Ge2N2. The summed E-state index contributed by atoms with van der Waals surface area (Å²) in [6.07, 6.45) is 0. The molecule has 0 aliphatic carbocycles. The Kier molecular flexibility index (Phi) is 9.30. The molecule has 0 spiro atoms. The van der Waals surface area contributed by atoms with Gasteiger partial charge in [-0.25, -0.2) is 0 Å². The van der Waals surface area contributed by atoms with Crippen LogP contribution in [-0.2, 0) is 0 Å². The number of hydrogen-bond acceptors (Lipinski definition) is 2. The first-order valence-electron chi connectivity index (χ1n) is 19.8. The quantitative estimate of drug-likeness (QED) is 0.0854. The molecule has 274 valence electrons. The van der Waals surface area contributed by atoms with Crippen LogP contribution in [0, 0.1) is 0 Å². The van der Waals surface area contributed by atoms with Gasteiger partial charge in [0.2, 0.25) is 0 Å². The van der Waals surface area contributed by atoms with Crippen molar-refractivity contribution in [1.82, 2.24) is 0 Å². The Labute approximate surface area is 336 Å². The Morgan fingerprint density at radius 1 is 0.286 bits per heavy atom. The van der Waals surface area contributed by atoms with Gasteiger partial charge in [0.1, 0.15) is 0 Å². The monoisotopic (exact) mass is 848 g/mol. The Hall–Kier alpha value is -5.29. The molecule has 0 atom stereocenters. The summed E-state index contributed by atoms with van der Waals surface area (Å²) in [6.45, 7) is 0. The summed E-state index contributed by atoms with van der Waals surface area (Å²) in [5.41, 5.74) is 6.99. The zero-order chi connectivity index (χ0) is 38.6. The molecule has 0 aliphatic heterocycles. The third-order valence-electron chi connectivity index (χ3n) is 11.3. The zero-order valence-corrected chi connectivity index (χ0v) is 37.4. The molecule has 0 bridgehead atoms. The molecular weight excluding hydrogens is 798 g/mol. The van der Waals surface area contributed by atoms with Crippen molar-refractivity contribution in [3.63, 3.8) is 0 Å².